The number of hydrogen-bond donors (Lipinski definition) is 2. The van der Waals surface area contributed by atoms with Crippen molar-refractivity contribution in [3.05, 3.63) is 12.2 Å². The predicted molar refractivity (Wildman–Crippen MR) is 32.0 cm³/mol. The SMILES string of the molecule is NC/C=C\CS. The van der Waals surface area contributed by atoms with Gasteiger partial charge in [-0.3, -0.25) is 0 Å². The summed E-state index contributed by atoms with van der Waals surface area (Å²) in [4.78, 5) is 0. The zero-order chi connectivity index (χ0) is 4.83. The van der Waals surface area contributed by atoms with E-state index in [4.69, 9.17) is 5.73 Å². The van der Waals surface area contributed by atoms with Gasteiger partial charge in [0.05, 0.1) is 0 Å². The van der Waals surface area contributed by atoms with Crippen LogP contribution >= 0.6 is 12.6 Å². The Bertz CT molecular complexity index is 36.8. The number of rotatable bonds is 2. The molecule has 0 heterocycles. The van der Waals surface area contributed by atoms with E-state index in [1.165, 1.54) is 0 Å². The summed E-state index contributed by atoms with van der Waals surface area (Å²) in [6.45, 7) is 0.626. The van der Waals surface area contributed by atoms with Crippen molar-refractivity contribution in [3.63, 3.8) is 0 Å². The van der Waals surface area contributed by atoms with E-state index in [0.29, 0.717) is 6.54 Å². The Morgan fingerprint density at radius 2 is 2.17 bits per heavy atom. The molecule has 0 amide bonds. The van der Waals surface area contributed by atoms with Gasteiger partial charge < -0.3 is 5.73 Å². The first kappa shape index (κ1) is 6.05. The second-order valence-electron chi connectivity index (χ2n) is 0.890. The van der Waals surface area contributed by atoms with Crippen LogP contribution in [0.4, 0.5) is 0 Å². The summed E-state index contributed by atoms with van der Waals surface area (Å²) in [5.41, 5.74) is 5.09. The summed E-state index contributed by atoms with van der Waals surface area (Å²) >= 11 is 3.91. The van der Waals surface area contributed by atoms with Crippen LogP contribution in [0.25, 0.3) is 0 Å². The van der Waals surface area contributed by atoms with Gasteiger partial charge in [0.2, 0.25) is 0 Å². The molecule has 0 aliphatic carbocycles. The van der Waals surface area contributed by atoms with Crippen molar-refractivity contribution < 1.29 is 0 Å². The first-order chi connectivity index (χ1) is 2.91. The van der Waals surface area contributed by atoms with Crippen LogP contribution in [0.2, 0.25) is 0 Å². The maximum Gasteiger partial charge on any atom is 0.0107 e. The fraction of sp³-hybridized carbons (Fsp3) is 0.500. The van der Waals surface area contributed by atoms with Gasteiger partial charge in [-0.1, -0.05) is 12.2 Å². The summed E-state index contributed by atoms with van der Waals surface area (Å²) in [6, 6.07) is 0. The molecular weight excluding hydrogens is 94.1 g/mol. The Morgan fingerprint density at radius 3 is 2.33 bits per heavy atom. The van der Waals surface area contributed by atoms with E-state index < -0.39 is 0 Å². The third-order valence-corrected chi connectivity index (χ3v) is 0.619. The van der Waals surface area contributed by atoms with E-state index in [9.17, 15) is 0 Å². The van der Waals surface area contributed by atoms with E-state index >= 15 is 0 Å². The smallest absolute Gasteiger partial charge is 0.0107 e. The Kier molecular flexibility index (Phi) is 5.09. The average Bonchev–Trinajstić information content (AvgIpc) is 1.61. The highest BCUT2D eigenvalue weighted by Crippen LogP contribution is 1.72. The second kappa shape index (κ2) is 5.05. The minimum Gasteiger partial charge on any atom is -0.327 e. The van der Waals surface area contributed by atoms with Gasteiger partial charge in [-0.15, -0.1) is 0 Å². The number of hydrogen-bond acceptors (Lipinski definition) is 2. The number of thiol groups is 1. The van der Waals surface area contributed by atoms with Crippen molar-refractivity contribution in [3.8, 4) is 0 Å². The molecule has 0 saturated carbocycles. The molecule has 0 aromatic heterocycles. The van der Waals surface area contributed by atoms with Gasteiger partial charge in [-0.25, -0.2) is 0 Å². The Labute approximate surface area is 43.6 Å². The summed E-state index contributed by atoms with van der Waals surface area (Å²) in [7, 11) is 0. The molecule has 0 aliphatic rings. The van der Waals surface area contributed by atoms with Gasteiger partial charge in [-0.2, -0.15) is 12.6 Å². The highest BCUT2D eigenvalue weighted by Gasteiger charge is 1.60. The lowest BCUT2D eigenvalue weighted by molar-refractivity contribution is 1.25. The van der Waals surface area contributed by atoms with Crippen molar-refractivity contribution in [2.45, 2.75) is 0 Å². The van der Waals surface area contributed by atoms with Crippen molar-refractivity contribution in [1.29, 1.82) is 0 Å². The molecule has 0 aromatic carbocycles. The van der Waals surface area contributed by atoms with E-state index in [-0.39, 0.29) is 0 Å². The van der Waals surface area contributed by atoms with E-state index in [1.807, 2.05) is 12.2 Å². The molecule has 0 unspecified atom stereocenters. The van der Waals surface area contributed by atoms with Crippen LogP contribution < -0.4 is 5.73 Å². The molecule has 0 rings (SSSR count). The van der Waals surface area contributed by atoms with Crippen LogP contribution in [0.1, 0.15) is 0 Å². The molecular formula is C4H9NS. The molecule has 0 spiro atoms. The molecule has 0 atom stereocenters. The summed E-state index contributed by atoms with van der Waals surface area (Å²) in [6.07, 6.45) is 3.80. The lowest BCUT2D eigenvalue weighted by Crippen LogP contribution is -1.91. The molecule has 1 nitrogen and oxygen atoms in total. The summed E-state index contributed by atoms with van der Waals surface area (Å²) in [5, 5.41) is 0. The summed E-state index contributed by atoms with van der Waals surface area (Å²) in [5.74, 6) is 0.789. The van der Waals surface area contributed by atoms with Crippen molar-refractivity contribution >= 4 is 12.6 Å². The average molecular weight is 103 g/mol. The molecule has 0 aliphatic heterocycles. The molecule has 6 heavy (non-hydrogen) atoms. The van der Waals surface area contributed by atoms with Crippen LogP contribution in [0, 0.1) is 0 Å². The van der Waals surface area contributed by atoms with Crippen LogP contribution in [-0.2, 0) is 0 Å². The standard InChI is InChI=1S/C4H9NS/c5-3-1-2-4-6/h1-2,6H,3-5H2/b2-1-. The summed E-state index contributed by atoms with van der Waals surface area (Å²) < 4.78 is 0. The fourth-order valence-corrected chi connectivity index (χ4v) is 0.320. The third-order valence-electron chi connectivity index (χ3n) is 0.408. The lowest BCUT2D eigenvalue weighted by Gasteiger charge is -1.73. The molecule has 0 saturated heterocycles. The van der Waals surface area contributed by atoms with Gasteiger partial charge in [0.1, 0.15) is 0 Å². The van der Waals surface area contributed by atoms with Gasteiger partial charge >= 0.3 is 0 Å². The second-order valence-corrected chi connectivity index (χ2v) is 1.25. The molecule has 0 bridgehead atoms. The largest absolute Gasteiger partial charge is 0.327 e. The molecule has 0 radical (unpaired) electrons. The monoisotopic (exact) mass is 103 g/mol. The Balaban J connectivity index is 2.73. The normalized spacial score (nSPS) is 10.3. The first-order valence-corrected chi connectivity index (χ1v) is 2.51. The Hall–Kier alpha value is 0.0500. The molecule has 2 heteroatoms. The van der Waals surface area contributed by atoms with E-state index in [2.05, 4.69) is 12.6 Å². The maximum atomic E-state index is 5.09. The maximum absolute atomic E-state index is 5.09. The first-order valence-electron chi connectivity index (χ1n) is 1.87. The molecule has 36 valence electrons. The van der Waals surface area contributed by atoms with Gasteiger partial charge in [0.15, 0.2) is 0 Å². The third kappa shape index (κ3) is 4.05. The lowest BCUT2D eigenvalue weighted by atomic mass is 10.5. The van der Waals surface area contributed by atoms with Gasteiger partial charge in [0, 0.05) is 12.3 Å². The highest BCUT2D eigenvalue weighted by molar-refractivity contribution is 7.80. The van der Waals surface area contributed by atoms with Crippen LogP contribution in [-0.4, -0.2) is 12.3 Å². The predicted octanol–water partition coefficient (Wildman–Crippen LogP) is 0.431. The molecule has 2 N–H and O–H groups in total. The van der Waals surface area contributed by atoms with Gasteiger partial charge in [0.25, 0.3) is 0 Å². The number of nitrogens with two attached hydrogens (primary N) is 1. The van der Waals surface area contributed by atoms with Crippen LogP contribution in [0.5, 0.6) is 0 Å². The quantitative estimate of drug-likeness (QED) is 0.385. The van der Waals surface area contributed by atoms with Crippen molar-refractivity contribution in [2.75, 3.05) is 12.3 Å². The zero-order valence-electron chi connectivity index (χ0n) is 3.59. The minimum absolute atomic E-state index is 0.626. The van der Waals surface area contributed by atoms with Crippen LogP contribution in [0.3, 0.4) is 0 Å². The van der Waals surface area contributed by atoms with Crippen LogP contribution in [0.15, 0.2) is 12.2 Å². The van der Waals surface area contributed by atoms with Crippen molar-refractivity contribution in [2.24, 2.45) is 5.73 Å². The minimum atomic E-state index is 0.626. The van der Waals surface area contributed by atoms with E-state index in [1.54, 1.807) is 0 Å². The van der Waals surface area contributed by atoms with Crippen molar-refractivity contribution in [1.82, 2.24) is 0 Å². The zero-order valence-corrected chi connectivity index (χ0v) is 4.49. The van der Waals surface area contributed by atoms with Gasteiger partial charge in [-0.05, 0) is 0 Å². The molecule has 0 aromatic rings. The fourth-order valence-electron chi connectivity index (χ4n) is 0.171. The molecule has 0 fully saturated rings. The topological polar surface area (TPSA) is 26.0 Å². The van der Waals surface area contributed by atoms with E-state index in [0.717, 1.165) is 5.75 Å². The Morgan fingerprint density at radius 1 is 1.50 bits per heavy atom. The highest BCUT2D eigenvalue weighted by atomic mass is 32.1.